The van der Waals surface area contributed by atoms with Gasteiger partial charge in [0.15, 0.2) is 0 Å². The number of hydrogen-bond acceptors (Lipinski definition) is 5. The maximum atomic E-state index is 9.82. The van der Waals surface area contributed by atoms with Crippen molar-refractivity contribution < 1.29 is 14.0 Å². The van der Waals surface area contributed by atoms with Crippen molar-refractivity contribution in [3.05, 3.63) is 0 Å². The van der Waals surface area contributed by atoms with E-state index in [1.807, 2.05) is 0 Å². The van der Waals surface area contributed by atoms with Crippen LogP contribution in [0.5, 0.6) is 0 Å². The van der Waals surface area contributed by atoms with Crippen LogP contribution in [0.4, 0.5) is 0 Å². The standard InChI is InChI=1S/C13H30BNO3PS/c1-2-3-4-5-6-7-13(16)8-9-17-10-12(15)11-18-20-19-14/h12-14,16,19H,2-11,15H2,1H3/t12-,13-,19?/m1/s1/i14T,19D. The van der Waals surface area contributed by atoms with Gasteiger partial charge in [-0.15, -0.1) is 0 Å². The van der Waals surface area contributed by atoms with E-state index in [9.17, 15) is 5.11 Å². The molecule has 0 rings (SSSR count). The second-order valence-electron chi connectivity index (χ2n) is 4.94. The molecular weight excluding hydrogens is 292 g/mol. The summed E-state index contributed by atoms with van der Waals surface area (Å²) < 4.78 is 24.8. The van der Waals surface area contributed by atoms with Crippen molar-refractivity contribution in [2.24, 2.45) is 5.73 Å². The molecule has 20 heavy (non-hydrogen) atoms. The predicted octanol–water partition coefficient (Wildman–Crippen LogP) is 2.52. The Kier molecular flexibility index (Phi) is 13.7. The van der Waals surface area contributed by atoms with Crippen LogP contribution in [-0.4, -0.2) is 47.2 Å². The van der Waals surface area contributed by atoms with Crippen LogP contribution in [0.3, 0.4) is 0 Å². The Bertz CT molecular complexity index is 251. The molecule has 0 aromatic rings. The van der Waals surface area contributed by atoms with Gasteiger partial charge >= 0.3 is 0 Å². The van der Waals surface area contributed by atoms with Gasteiger partial charge in [0.1, 0.15) is 7.53 Å². The fourth-order valence-corrected chi connectivity index (χ4v) is 2.44. The van der Waals surface area contributed by atoms with Crippen LogP contribution in [0.25, 0.3) is 0 Å². The lowest BCUT2D eigenvalue weighted by Gasteiger charge is -2.13. The first-order valence-electron chi connectivity index (χ1n) is 8.43. The fourth-order valence-electron chi connectivity index (χ4n) is 1.78. The zero-order valence-electron chi connectivity index (χ0n) is 14.5. The second-order valence-corrected chi connectivity index (χ2v) is 6.62. The SMILES string of the molecule is [2H]P([B][3H])SOC[C@H](N)COCC[C@H](O)CCCCCCC. The summed E-state index contributed by atoms with van der Waals surface area (Å²) >= 11 is 0.976. The van der Waals surface area contributed by atoms with E-state index in [2.05, 4.69) is 6.92 Å². The maximum absolute atomic E-state index is 9.82. The summed E-state index contributed by atoms with van der Waals surface area (Å²) in [7, 11) is -0.226. The lowest BCUT2D eigenvalue weighted by atomic mass is 10.1. The van der Waals surface area contributed by atoms with Crippen LogP contribution in [-0.2, 0) is 8.92 Å². The van der Waals surface area contributed by atoms with Gasteiger partial charge in [0.2, 0.25) is 0 Å². The Labute approximate surface area is 133 Å². The van der Waals surface area contributed by atoms with E-state index in [1.54, 1.807) is 0 Å². The molecule has 0 saturated heterocycles. The van der Waals surface area contributed by atoms with Gasteiger partial charge in [-0.05, 0) is 14.2 Å². The molecule has 1 radical (unpaired) electrons. The van der Waals surface area contributed by atoms with Gasteiger partial charge in [-0.1, -0.05) is 46.6 Å². The molecule has 0 amide bonds. The second kappa shape index (κ2) is 16.1. The number of hydrogen-bond donors (Lipinski definition) is 2. The van der Waals surface area contributed by atoms with E-state index >= 15 is 0 Å². The van der Waals surface area contributed by atoms with E-state index in [0.29, 0.717) is 26.2 Å². The molecule has 7 heteroatoms. The highest BCUT2D eigenvalue weighted by Crippen LogP contribution is 2.24. The van der Waals surface area contributed by atoms with E-state index < -0.39 is 7.61 Å². The molecule has 0 aromatic heterocycles. The number of rotatable bonds is 16. The number of aliphatic hydroxyl groups excluding tert-OH is 1. The van der Waals surface area contributed by atoms with Crippen molar-refractivity contribution >= 4 is 26.8 Å². The van der Waals surface area contributed by atoms with E-state index in [-0.39, 0.29) is 12.1 Å². The van der Waals surface area contributed by atoms with Crippen molar-refractivity contribution in [1.29, 1.82) is 2.61 Å². The van der Waals surface area contributed by atoms with Crippen LogP contribution in [0, 0.1) is 0 Å². The number of aliphatic hydroxyl groups is 1. The number of unbranched alkanes of at least 4 members (excludes halogenated alkanes) is 4. The van der Waals surface area contributed by atoms with Gasteiger partial charge in [0, 0.05) is 18.3 Å². The largest absolute Gasteiger partial charge is 0.393 e. The zero-order chi connectivity index (χ0) is 16.6. The van der Waals surface area contributed by atoms with Crippen molar-refractivity contribution in [1.82, 2.24) is 0 Å². The quantitative estimate of drug-likeness (QED) is 0.198. The molecule has 3 atom stereocenters. The first-order chi connectivity index (χ1) is 10.6. The van der Waals surface area contributed by atoms with E-state index in [1.165, 1.54) is 25.7 Å². The average molecular weight is 325 g/mol. The highest BCUT2D eigenvalue weighted by atomic mass is 32.7. The minimum Gasteiger partial charge on any atom is -0.393 e. The van der Waals surface area contributed by atoms with E-state index in [0.717, 1.165) is 32.0 Å². The molecule has 0 aliphatic heterocycles. The highest BCUT2D eigenvalue weighted by molar-refractivity contribution is 8.53. The summed E-state index contributed by atoms with van der Waals surface area (Å²) in [4.78, 5) is 0. The molecule has 0 aliphatic carbocycles. The summed E-state index contributed by atoms with van der Waals surface area (Å²) in [6, 6.07) is -0.243. The fraction of sp³-hybridized carbons (Fsp3) is 1.00. The molecule has 0 heterocycles. The molecule has 4 nitrogen and oxygen atoms in total. The molecule has 119 valence electrons. The Balaban J connectivity index is 3.35. The van der Waals surface area contributed by atoms with Gasteiger partial charge in [0.05, 0.1) is 26.6 Å². The van der Waals surface area contributed by atoms with Crippen molar-refractivity contribution in [3.8, 4) is 0 Å². The van der Waals surface area contributed by atoms with Gasteiger partial charge in [0.25, 0.3) is 0 Å². The molecule has 0 aromatic carbocycles. The van der Waals surface area contributed by atoms with Crippen LogP contribution in [0.1, 0.15) is 51.9 Å². The molecular formula is C13H30BNO3PS. The molecule has 1 unspecified atom stereocenters. The monoisotopic (exact) mass is 325 g/mol. The first-order valence-corrected chi connectivity index (χ1v) is 9.72. The van der Waals surface area contributed by atoms with E-state index in [4.69, 9.17) is 17.3 Å². The van der Waals surface area contributed by atoms with Crippen molar-refractivity contribution in [3.63, 3.8) is 0 Å². The molecule has 0 spiro atoms. The smallest absolute Gasteiger partial charge is 0.137 e. The predicted molar refractivity (Wildman–Crippen MR) is 91.8 cm³/mol. The molecule has 3 N–H and O–H groups in total. The summed E-state index contributed by atoms with van der Waals surface area (Å²) in [6.45, 7) is 3.38. The number of ether oxygens (including phenoxy) is 1. The molecule has 0 bridgehead atoms. The van der Waals surface area contributed by atoms with Gasteiger partial charge < -0.3 is 19.8 Å². The van der Waals surface area contributed by atoms with Gasteiger partial charge in [-0.25, -0.2) is 0 Å². The summed E-state index contributed by atoms with van der Waals surface area (Å²) in [5, 5.41) is 9.82. The average Bonchev–Trinajstić information content (AvgIpc) is 2.51. The third-order valence-corrected chi connectivity index (χ3v) is 3.85. The van der Waals surface area contributed by atoms with Crippen LogP contribution >= 0.6 is 19.3 Å². The Morgan fingerprint density at radius 2 is 2.20 bits per heavy atom. The zero-order valence-corrected chi connectivity index (χ0v) is 14.2. The minimum atomic E-state index is -1.29. The third kappa shape index (κ3) is 15.1. The lowest BCUT2D eigenvalue weighted by Crippen LogP contribution is -2.31. The summed E-state index contributed by atoms with van der Waals surface area (Å²) in [5.74, 6) is 0. The molecule has 0 fully saturated rings. The van der Waals surface area contributed by atoms with Crippen molar-refractivity contribution in [2.75, 3.05) is 19.8 Å². The lowest BCUT2D eigenvalue weighted by molar-refractivity contribution is 0.0655. The minimum absolute atomic E-state index is 0.243. The maximum Gasteiger partial charge on any atom is 0.137 e. The Morgan fingerprint density at radius 3 is 2.95 bits per heavy atom. The third-order valence-electron chi connectivity index (χ3n) is 2.95. The van der Waals surface area contributed by atoms with Crippen LogP contribution < -0.4 is 5.73 Å². The van der Waals surface area contributed by atoms with Gasteiger partial charge in [-0.2, -0.15) is 0 Å². The Morgan fingerprint density at radius 1 is 1.40 bits per heavy atom. The molecule has 0 saturated carbocycles. The Hall–Kier alpha value is 0.685. The summed E-state index contributed by atoms with van der Waals surface area (Å²) in [6.07, 6.45) is 7.24. The first kappa shape index (κ1) is 17.0. The van der Waals surface area contributed by atoms with Gasteiger partial charge in [-0.3, -0.25) is 0 Å². The summed E-state index contributed by atoms with van der Waals surface area (Å²) in [5.41, 5.74) is 5.81. The highest BCUT2D eigenvalue weighted by Gasteiger charge is 2.06. The molecule has 0 aliphatic rings. The number of nitrogens with two attached hydrogens (primary N) is 1. The van der Waals surface area contributed by atoms with Crippen LogP contribution in [0.2, 0.25) is 0 Å². The van der Waals surface area contributed by atoms with Crippen molar-refractivity contribution in [2.45, 2.75) is 64.0 Å². The van der Waals surface area contributed by atoms with Crippen LogP contribution in [0.15, 0.2) is 0 Å². The normalized spacial score (nSPS) is 17.1. The topological polar surface area (TPSA) is 64.7 Å².